The molecule has 14 heteroatoms. The molecule has 0 spiro atoms. The molecule has 0 radical (unpaired) electrons. The van der Waals surface area contributed by atoms with Gasteiger partial charge in [0, 0.05) is 38.1 Å². The summed E-state index contributed by atoms with van der Waals surface area (Å²) in [6, 6.07) is -1.17. The number of carbonyl (C=O) groups excluding carboxylic acids is 1. The van der Waals surface area contributed by atoms with E-state index in [0.717, 1.165) is 0 Å². The predicted octanol–water partition coefficient (Wildman–Crippen LogP) is 1.30. The SMILES string of the molecule is CC[C@@H]1OC(=O)[C@H](C)[C@H](O[C@@H]2C[C@](C)(OC)[C@H](O)[C@H](C)O2)[C@@H](C)[C@H](O[C@@H]2O[C@H](C)C[C@H](N)[C@@H]2O)[C@](C)(O)C[C@H](C)CN(C)[C@H](C)[C@@H](O)[C@@]1(C)O. The lowest BCUT2D eigenvalue weighted by Gasteiger charge is -2.48. The van der Waals surface area contributed by atoms with Crippen LogP contribution in [0.3, 0.4) is 0 Å². The molecule has 0 aromatic carbocycles. The summed E-state index contributed by atoms with van der Waals surface area (Å²) in [5, 5.41) is 57.4. The van der Waals surface area contributed by atoms with Crippen molar-refractivity contribution in [3.8, 4) is 0 Å². The maximum atomic E-state index is 14.1. The number of hydrogen-bond donors (Lipinski definition) is 6. The standard InChI is InChI=1S/C36H68N2O12/c1-13-25-36(10,44)29(40)22(6)38(11)17-18(2)15-34(8,43)31(50-33-27(39)24(37)14-19(3)46-33)20(4)28(21(5)32(42)48-25)49-26-16-35(9,45-12)30(41)23(7)47-26/h18-31,33,39-41,43-44H,13-17,37H2,1-12H3/t18-,19+,20+,21+,22+,23-,24-,25-,26+,27-,28+,29+,30+,31-,33-,34+,35-,36-/m0/s1. The van der Waals surface area contributed by atoms with Crippen molar-refractivity contribution in [3.05, 3.63) is 0 Å². The minimum atomic E-state index is -1.80. The molecule has 3 saturated heterocycles. The summed E-state index contributed by atoms with van der Waals surface area (Å²) in [5.74, 6) is -2.64. The summed E-state index contributed by atoms with van der Waals surface area (Å²) in [5.41, 5.74) is 1.86. The number of cyclic esters (lactones) is 1. The zero-order valence-corrected chi connectivity index (χ0v) is 32.3. The van der Waals surface area contributed by atoms with Gasteiger partial charge in [-0.05, 0) is 80.7 Å². The van der Waals surface area contributed by atoms with Gasteiger partial charge in [0.1, 0.15) is 30.0 Å². The lowest BCUT2D eigenvalue weighted by atomic mass is 9.77. The molecule has 3 heterocycles. The average molecular weight is 721 g/mol. The average Bonchev–Trinajstić information content (AvgIpc) is 3.03. The molecular weight excluding hydrogens is 652 g/mol. The van der Waals surface area contributed by atoms with Crippen molar-refractivity contribution < 1.29 is 58.7 Å². The molecule has 0 unspecified atom stereocenters. The van der Waals surface area contributed by atoms with Crippen molar-refractivity contribution in [2.45, 2.75) is 185 Å². The maximum absolute atomic E-state index is 14.1. The lowest BCUT2D eigenvalue weighted by Crippen LogP contribution is -2.60. The highest BCUT2D eigenvalue weighted by atomic mass is 16.7. The summed E-state index contributed by atoms with van der Waals surface area (Å²) in [7, 11) is 3.32. The first-order chi connectivity index (χ1) is 23.0. The van der Waals surface area contributed by atoms with Crippen LogP contribution in [0.25, 0.3) is 0 Å². The molecule has 18 atom stereocenters. The van der Waals surface area contributed by atoms with Crippen LogP contribution in [0.1, 0.15) is 94.9 Å². The van der Waals surface area contributed by atoms with Crippen LogP contribution in [-0.2, 0) is 33.2 Å². The van der Waals surface area contributed by atoms with E-state index in [9.17, 15) is 30.3 Å². The van der Waals surface area contributed by atoms with Crippen molar-refractivity contribution in [2.75, 3.05) is 20.7 Å². The second-order valence-corrected chi connectivity index (χ2v) is 16.3. The van der Waals surface area contributed by atoms with Gasteiger partial charge in [0.2, 0.25) is 0 Å². The Morgan fingerprint density at radius 3 is 2.16 bits per heavy atom. The number of aliphatic hydroxyl groups is 5. The van der Waals surface area contributed by atoms with Gasteiger partial charge in [0.05, 0.1) is 41.5 Å². The number of methoxy groups -OCH3 is 1. The minimum absolute atomic E-state index is 0.123. The van der Waals surface area contributed by atoms with Crippen LogP contribution in [0, 0.1) is 17.8 Å². The summed E-state index contributed by atoms with van der Waals surface area (Å²) >= 11 is 0. The monoisotopic (exact) mass is 720 g/mol. The molecule has 0 saturated carbocycles. The number of aliphatic hydroxyl groups excluding tert-OH is 3. The third-order valence-corrected chi connectivity index (χ3v) is 11.6. The Kier molecular flexibility index (Phi) is 14.7. The van der Waals surface area contributed by atoms with E-state index in [-0.39, 0.29) is 31.3 Å². The first-order valence-corrected chi connectivity index (χ1v) is 18.3. The fourth-order valence-electron chi connectivity index (χ4n) is 8.28. The number of nitrogens with two attached hydrogens (primary N) is 1. The van der Waals surface area contributed by atoms with Crippen molar-refractivity contribution in [2.24, 2.45) is 23.5 Å². The molecule has 14 nitrogen and oxygen atoms in total. The van der Waals surface area contributed by atoms with Gasteiger partial charge in [-0.2, -0.15) is 0 Å². The zero-order valence-electron chi connectivity index (χ0n) is 32.3. The molecule has 3 aliphatic heterocycles. The molecule has 0 amide bonds. The van der Waals surface area contributed by atoms with Gasteiger partial charge >= 0.3 is 5.97 Å². The van der Waals surface area contributed by atoms with Crippen LogP contribution in [0.2, 0.25) is 0 Å². The fourth-order valence-corrected chi connectivity index (χ4v) is 8.28. The molecule has 0 aliphatic carbocycles. The van der Waals surface area contributed by atoms with Gasteiger partial charge in [-0.15, -0.1) is 0 Å². The first-order valence-electron chi connectivity index (χ1n) is 18.3. The summed E-state index contributed by atoms with van der Waals surface area (Å²) in [4.78, 5) is 16.0. The fraction of sp³-hybridized carbons (Fsp3) is 0.972. The van der Waals surface area contributed by atoms with Crippen LogP contribution in [0.4, 0.5) is 0 Å². The molecule has 3 fully saturated rings. The van der Waals surface area contributed by atoms with Gasteiger partial charge < -0.3 is 64.6 Å². The smallest absolute Gasteiger partial charge is 0.311 e. The van der Waals surface area contributed by atoms with E-state index in [0.29, 0.717) is 13.0 Å². The van der Waals surface area contributed by atoms with Crippen LogP contribution >= 0.6 is 0 Å². The third kappa shape index (κ3) is 9.55. The summed E-state index contributed by atoms with van der Waals surface area (Å²) in [6.07, 6.45) is -8.74. The molecule has 7 N–H and O–H groups in total. The molecule has 0 aromatic heterocycles. The number of ether oxygens (including phenoxy) is 6. The molecular formula is C36H68N2O12. The minimum Gasteiger partial charge on any atom is -0.459 e. The largest absolute Gasteiger partial charge is 0.459 e. The van der Waals surface area contributed by atoms with Gasteiger partial charge in [-0.3, -0.25) is 4.79 Å². The number of rotatable bonds is 6. The Labute approximate surface area is 298 Å². The van der Waals surface area contributed by atoms with E-state index in [1.54, 1.807) is 48.5 Å². The zero-order chi connectivity index (χ0) is 38.1. The van der Waals surface area contributed by atoms with Gasteiger partial charge in [0.15, 0.2) is 12.6 Å². The number of likely N-dealkylation sites (N-methyl/N-ethyl adjacent to an activating group) is 1. The second-order valence-electron chi connectivity index (χ2n) is 16.3. The number of hydrogen-bond acceptors (Lipinski definition) is 14. The van der Waals surface area contributed by atoms with E-state index in [4.69, 9.17) is 34.2 Å². The highest BCUT2D eigenvalue weighted by Gasteiger charge is 2.52. The Morgan fingerprint density at radius 1 is 0.960 bits per heavy atom. The Bertz CT molecular complexity index is 1100. The molecule has 294 valence electrons. The molecule has 0 bridgehead atoms. The van der Waals surface area contributed by atoms with Crippen LogP contribution in [0.15, 0.2) is 0 Å². The van der Waals surface area contributed by atoms with Crippen molar-refractivity contribution in [3.63, 3.8) is 0 Å². The van der Waals surface area contributed by atoms with Crippen LogP contribution < -0.4 is 5.73 Å². The molecule has 3 rings (SSSR count). The quantitative estimate of drug-likeness (QED) is 0.214. The predicted molar refractivity (Wildman–Crippen MR) is 185 cm³/mol. The van der Waals surface area contributed by atoms with Crippen molar-refractivity contribution >= 4 is 5.97 Å². The van der Waals surface area contributed by atoms with E-state index in [1.165, 1.54) is 14.0 Å². The maximum Gasteiger partial charge on any atom is 0.311 e. The van der Waals surface area contributed by atoms with Crippen LogP contribution in [0.5, 0.6) is 0 Å². The van der Waals surface area contributed by atoms with E-state index < -0.39 is 102 Å². The summed E-state index contributed by atoms with van der Waals surface area (Å²) in [6.45, 7) is 17.8. The van der Waals surface area contributed by atoms with E-state index in [1.807, 2.05) is 25.8 Å². The van der Waals surface area contributed by atoms with E-state index in [2.05, 4.69) is 0 Å². The molecule has 3 aliphatic rings. The highest BCUT2D eigenvalue weighted by Crippen LogP contribution is 2.40. The Balaban J connectivity index is 2.16. The molecule has 50 heavy (non-hydrogen) atoms. The summed E-state index contributed by atoms with van der Waals surface area (Å²) < 4.78 is 37.0. The normalized spacial score (nSPS) is 51.0. The Hall–Kier alpha value is -1.01. The number of nitrogens with zero attached hydrogens (tertiary/aromatic N) is 1. The Morgan fingerprint density at radius 2 is 1.58 bits per heavy atom. The topological polar surface area (TPSA) is 203 Å². The third-order valence-electron chi connectivity index (χ3n) is 11.6. The van der Waals surface area contributed by atoms with Crippen molar-refractivity contribution in [1.29, 1.82) is 0 Å². The lowest BCUT2D eigenvalue weighted by molar-refractivity contribution is -0.315. The number of esters is 1. The van der Waals surface area contributed by atoms with Crippen LogP contribution in [-0.4, -0.2) is 147 Å². The van der Waals surface area contributed by atoms with Gasteiger partial charge in [-0.25, -0.2) is 0 Å². The van der Waals surface area contributed by atoms with Crippen molar-refractivity contribution in [1.82, 2.24) is 4.90 Å². The number of carbonyl (C=O) groups is 1. The highest BCUT2D eigenvalue weighted by molar-refractivity contribution is 5.73. The van der Waals surface area contributed by atoms with Gasteiger partial charge in [0.25, 0.3) is 0 Å². The molecule has 0 aromatic rings. The first kappa shape index (κ1) is 43.4. The van der Waals surface area contributed by atoms with Gasteiger partial charge in [-0.1, -0.05) is 20.8 Å². The van der Waals surface area contributed by atoms with E-state index >= 15 is 0 Å². The second kappa shape index (κ2) is 17.0.